The van der Waals surface area contributed by atoms with Crippen LogP contribution in [0.2, 0.25) is 5.02 Å². The van der Waals surface area contributed by atoms with Crippen LogP contribution in [0.4, 0.5) is 11.5 Å². The molecule has 0 unspecified atom stereocenters. The van der Waals surface area contributed by atoms with Gasteiger partial charge in [-0.05, 0) is 46.9 Å². The van der Waals surface area contributed by atoms with Crippen molar-refractivity contribution < 1.29 is 0 Å². The first kappa shape index (κ1) is 14.6. The Labute approximate surface area is 141 Å². The number of aromatic amines is 1. The first-order valence-corrected chi connectivity index (χ1v) is 8.09. The third-order valence-electron chi connectivity index (χ3n) is 3.55. The zero-order valence-electron chi connectivity index (χ0n) is 11.2. The Kier molecular flexibility index (Phi) is 4.34. The second kappa shape index (κ2) is 6.23. The lowest BCUT2D eigenvalue weighted by Gasteiger charge is -2.36. The van der Waals surface area contributed by atoms with Crippen LogP contribution in [-0.2, 0) is 0 Å². The molecule has 3 rings (SSSR count). The zero-order chi connectivity index (χ0) is 14.8. The Morgan fingerprint density at radius 3 is 2.38 bits per heavy atom. The van der Waals surface area contributed by atoms with Gasteiger partial charge in [0.15, 0.2) is 0 Å². The maximum atomic E-state index is 11.6. The van der Waals surface area contributed by atoms with Crippen molar-refractivity contribution in [2.24, 2.45) is 0 Å². The summed E-state index contributed by atoms with van der Waals surface area (Å²) in [6.45, 7) is 3.47. The number of nitrogens with one attached hydrogen (secondary N) is 1. The predicted octanol–water partition coefficient (Wildman–Crippen LogP) is 2.35. The maximum Gasteiger partial charge on any atom is 0.266 e. The summed E-state index contributed by atoms with van der Waals surface area (Å²) in [6, 6.07) is 7.88. The normalized spacial score (nSPS) is 15.3. The van der Waals surface area contributed by atoms with Crippen LogP contribution in [-0.4, -0.2) is 36.1 Å². The number of benzene rings is 1. The van der Waals surface area contributed by atoms with Gasteiger partial charge < -0.3 is 14.8 Å². The number of rotatable bonds is 2. The lowest BCUT2D eigenvalue weighted by atomic mass is 10.2. The number of hydrogen-bond donors (Lipinski definition) is 1. The fraction of sp³-hybridized carbons (Fsp3) is 0.286. The Morgan fingerprint density at radius 2 is 1.71 bits per heavy atom. The van der Waals surface area contributed by atoms with Crippen molar-refractivity contribution in [1.82, 2.24) is 9.97 Å². The average Bonchev–Trinajstić information content (AvgIpc) is 2.51. The molecular formula is C14H14ClIN4O. The van der Waals surface area contributed by atoms with Gasteiger partial charge in [0.25, 0.3) is 5.56 Å². The van der Waals surface area contributed by atoms with Gasteiger partial charge in [0.05, 0.1) is 6.33 Å². The minimum Gasteiger partial charge on any atom is -0.368 e. The fourth-order valence-corrected chi connectivity index (χ4v) is 3.18. The van der Waals surface area contributed by atoms with E-state index in [-0.39, 0.29) is 5.56 Å². The molecule has 1 aliphatic heterocycles. The monoisotopic (exact) mass is 416 g/mol. The van der Waals surface area contributed by atoms with Crippen LogP contribution in [0.3, 0.4) is 0 Å². The second-order valence-electron chi connectivity index (χ2n) is 4.82. The van der Waals surface area contributed by atoms with Gasteiger partial charge >= 0.3 is 0 Å². The van der Waals surface area contributed by atoms with Crippen LogP contribution in [0, 0.1) is 3.57 Å². The number of hydrogen-bond acceptors (Lipinski definition) is 4. The van der Waals surface area contributed by atoms with E-state index < -0.39 is 0 Å². The summed E-state index contributed by atoms with van der Waals surface area (Å²) in [4.78, 5) is 23.0. The Hall–Kier alpha value is -1.28. The second-order valence-corrected chi connectivity index (χ2v) is 6.33. The minimum atomic E-state index is -0.0827. The van der Waals surface area contributed by atoms with E-state index in [1.807, 2.05) is 24.3 Å². The summed E-state index contributed by atoms with van der Waals surface area (Å²) in [7, 11) is 0. The van der Waals surface area contributed by atoms with Gasteiger partial charge in [-0.1, -0.05) is 11.6 Å². The molecule has 0 atom stereocenters. The number of aromatic nitrogens is 2. The topological polar surface area (TPSA) is 52.2 Å². The van der Waals surface area contributed by atoms with E-state index in [4.69, 9.17) is 11.6 Å². The highest BCUT2D eigenvalue weighted by Crippen LogP contribution is 2.22. The van der Waals surface area contributed by atoms with Gasteiger partial charge in [0, 0.05) is 36.9 Å². The number of H-pyrrole nitrogens is 1. The van der Waals surface area contributed by atoms with Gasteiger partial charge in [0.2, 0.25) is 0 Å². The van der Waals surface area contributed by atoms with E-state index in [0.29, 0.717) is 3.57 Å². The van der Waals surface area contributed by atoms with Crippen LogP contribution >= 0.6 is 34.2 Å². The van der Waals surface area contributed by atoms with Crippen LogP contribution < -0.4 is 15.4 Å². The average molecular weight is 417 g/mol. The lowest BCUT2D eigenvalue weighted by Crippen LogP contribution is -2.47. The van der Waals surface area contributed by atoms with E-state index in [2.05, 4.69) is 42.4 Å². The van der Waals surface area contributed by atoms with Gasteiger partial charge in [-0.25, -0.2) is 4.98 Å². The number of piperazine rings is 1. The van der Waals surface area contributed by atoms with Crippen LogP contribution in [0.15, 0.2) is 35.4 Å². The van der Waals surface area contributed by atoms with E-state index >= 15 is 0 Å². The van der Waals surface area contributed by atoms with Crippen molar-refractivity contribution in [2.45, 2.75) is 0 Å². The van der Waals surface area contributed by atoms with E-state index in [9.17, 15) is 4.79 Å². The summed E-state index contributed by atoms with van der Waals surface area (Å²) in [5, 5.41) is 0.750. The predicted molar refractivity (Wildman–Crippen MR) is 93.5 cm³/mol. The van der Waals surface area contributed by atoms with Crippen molar-refractivity contribution in [3.63, 3.8) is 0 Å². The third-order valence-corrected chi connectivity index (χ3v) is 4.77. The molecule has 2 heterocycles. The quantitative estimate of drug-likeness (QED) is 0.764. The molecule has 1 aromatic carbocycles. The third kappa shape index (κ3) is 3.16. The summed E-state index contributed by atoms with van der Waals surface area (Å²) < 4.78 is 0.648. The molecule has 5 nitrogen and oxygen atoms in total. The first-order valence-electron chi connectivity index (χ1n) is 6.64. The Morgan fingerprint density at radius 1 is 1.10 bits per heavy atom. The molecule has 1 aliphatic rings. The molecule has 0 aliphatic carbocycles. The largest absolute Gasteiger partial charge is 0.368 e. The van der Waals surface area contributed by atoms with Gasteiger partial charge in [-0.2, -0.15) is 0 Å². The van der Waals surface area contributed by atoms with Crippen molar-refractivity contribution in [3.8, 4) is 0 Å². The molecule has 21 heavy (non-hydrogen) atoms. The van der Waals surface area contributed by atoms with Gasteiger partial charge in [-0.3, -0.25) is 4.79 Å². The van der Waals surface area contributed by atoms with Crippen LogP contribution in [0.5, 0.6) is 0 Å². The molecule has 1 N–H and O–H groups in total. The van der Waals surface area contributed by atoms with E-state index in [0.717, 1.165) is 37.0 Å². The molecule has 1 fully saturated rings. The SMILES string of the molecule is O=c1[nH]cnc(N2CCN(c3ccc(Cl)cc3)CC2)c1I. The summed E-state index contributed by atoms with van der Waals surface area (Å²) in [6.07, 6.45) is 1.46. The molecule has 0 saturated carbocycles. The van der Waals surface area contributed by atoms with Crippen LogP contribution in [0.1, 0.15) is 0 Å². The number of halogens is 2. The molecular weight excluding hydrogens is 403 g/mol. The Balaban J connectivity index is 1.71. The van der Waals surface area contributed by atoms with Crippen molar-refractivity contribution in [1.29, 1.82) is 0 Å². The van der Waals surface area contributed by atoms with E-state index in [1.54, 1.807) is 0 Å². The lowest BCUT2D eigenvalue weighted by molar-refractivity contribution is 0.645. The highest BCUT2D eigenvalue weighted by Gasteiger charge is 2.20. The fourth-order valence-electron chi connectivity index (χ4n) is 2.42. The number of anilines is 2. The molecule has 0 radical (unpaired) electrons. The molecule has 1 saturated heterocycles. The van der Waals surface area contributed by atoms with Crippen molar-refractivity contribution in [2.75, 3.05) is 36.0 Å². The standard InChI is InChI=1S/C14H14ClIN4O/c15-10-1-3-11(4-2-10)19-5-7-20(8-6-19)13-12(16)14(21)18-9-17-13/h1-4,9H,5-8H2,(H,17,18,21). The van der Waals surface area contributed by atoms with E-state index in [1.165, 1.54) is 12.0 Å². The van der Waals surface area contributed by atoms with Crippen molar-refractivity contribution >= 4 is 45.7 Å². The molecule has 110 valence electrons. The molecule has 2 aromatic rings. The highest BCUT2D eigenvalue weighted by molar-refractivity contribution is 14.1. The molecule has 1 aromatic heterocycles. The zero-order valence-corrected chi connectivity index (χ0v) is 14.1. The summed E-state index contributed by atoms with van der Waals surface area (Å²) in [5.74, 6) is 0.773. The van der Waals surface area contributed by atoms with Crippen LogP contribution in [0.25, 0.3) is 0 Å². The van der Waals surface area contributed by atoms with Gasteiger partial charge in [-0.15, -0.1) is 0 Å². The molecule has 0 amide bonds. The molecule has 0 bridgehead atoms. The number of nitrogens with zero attached hydrogens (tertiary/aromatic N) is 3. The summed E-state index contributed by atoms with van der Waals surface area (Å²) in [5.41, 5.74) is 1.09. The smallest absolute Gasteiger partial charge is 0.266 e. The van der Waals surface area contributed by atoms with Crippen molar-refractivity contribution in [3.05, 3.63) is 49.5 Å². The summed E-state index contributed by atoms with van der Waals surface area (Å²) >= 11 is 7.97. The van der Waals surface area contributed by atoms with Gasteiger partial charge in [0.1, 0.15) is 9.39 Å². The first-order chi connectivity index (χ1) is 10.1. The Bertz CT molecular complexity index is 680. The molecule has 7 heteroatoms. The minimum absolute atomic E-state index is 0.0827. The maximum absolute atomic E-state index is 11.6. The highest BCUT2D eigenvalue weighted by atomic mass is 127. The molecule has 0 spiro atoms.